The van der Waals surface area contributed by atoms with E-state index in [0.29, 0.717) is 17.8 Å². The Hall–Kier alpha value is -2.13. The Morgan fingerprint density at radius 3 is 2.13 bits per heavy atom. The molecule has 0 N–H and O–H groups in total. The predicted octanol–water partition coefficient (Wildman–Crippen LogP) is 6.55. The molecule has 0 spiro atoms. The van der Waals surface area contributed by atoms with E-state index in [4.69, 9.17) is 9.47 Å². The molecule has 3 rings (SSSR count). The van der Waals surface area contributed by atoms with E-state index in [-0.39, 0.29) is 30.7 Å². The van der Waals surface area contributed by atoms with Crippen LogP contribution in [0.1, 0.15) is 70.1 Å². The van der Waals surface area contributed by atoms with E-state index in [0.717, 1.165) is 17.5 Å². The number of rotatable bonds is 8. The number of carbonyl (C=O) groups is 1. The van der Waals surface area contributed by atoms with Crippen molar-refractivity contribution in [2.45, 2.75) is 65.1 Å². The van der Waals surface area contributed by atoms with Crippen LogP contribution in [0.3, 0.4) is 0 Å². The molecule has 1 saturated carbocycles. The highest BCUT2D eigenvalue weighted by atomic mass is 16.6. The summed E-state index contributed by atoms with van der Waals surface area (Å²) in [7, 11) is 0. The monoisotopic (exact) mass is 408 g/mol. The highest BCUT2D eigenvalue weighted by Crippen LogP contribution is 2.36. The average molecular weight is 409 g/mol. The molecule has 0 bridgehead atoms. The molecule has 1 aliphatic carbocycles. The standard InChI is InChI=1S/C27H36O3/c1-19(2)24-16-15-20(3)17-25(24)29-18-26(28)30-27(23-13-9-6-10-14-23)21(4)22-11-7-5-8-12-22/h5-14,19-21,24-25,27H,15-18H2,1-4H3/t20-,21+,24-,25-,27+/m1/s1. The average Bonchev–Trinajstić information content (AvgIpc) is 2.76. The Bertz CT molecular complexity index is 771. The summed E-state index contributed by atoms with van der Waals surface area (Å²) in [6.45, 7) is 8.91. The molecule has 0 unspecified atom stereocenters. The zero-order chi connectivity index (χ0) is 21.5. The van der Waals surface area contributed by atoms with Crippen LogP contribution in [0.25, 0.3) is 0 Å². The van der Waals surface area contributed by atoms with Gasteiger partial charge in [0.2, 0.25) is 0 Å². The lowest BCUT2D eigenvalue weighted by Gasteiger charge is -2.37. The van der Waals surface area contributed by atoms with Crippen LogP contribution in [0.15, 0.2) is 60.7 Å². The molecule has 5 atom stereocenters. The zero-order valence-electron chi connectivity index (χ0n) is 18.8. The molecular formula is C27H36O3. The SMILES string of the molecule is CC(C)[C@H]1CC[C@@H](C)C[C@H]1OCC(=O)O[C@H](c1ccccc1)[C@@H](C)c1ccccc1. The van der Waals surface area contributed by atoms with Gasteiger partial charge in [0.25, 0.3) is 0 Å². The van der Waals surface area contributed by atoms with Crippen molar-refractivity contribution < 1.29 is 14.3 Å². The fourth-order valence-electron chi connectivity index (χ4n) is 4.69. The van der Waals surface area contributed by atoms with Gasteiger partial charge in [-0.3, -0.25) is 0 Å². The second-order valence-electron chi connectivity index (χ2n) is 9.20. The second kappa shape index (κ2) is 10.8. The van der Waals surface area contributed by atoms with E-state index in [1.165, 1.54) is 12.8 Å². The maximum atomic E-state index is 12.8. The van der Waals surface area contributed by atoms with Crippen molar-refractivity contribution in [3.63, 3.8) is 0 Å². The fourth-order valence-corrected chi connectivity index (χ4v) is 4.69. The Labute approximate surface area is 181 Å². The molecule has 1 fully saturated rings. The highest BCUT2D eigenvalue weighted by molar-refractivity contribution is 5.71. The third-order valence-corrected chi connectivity index (χ3v) is 6.54. The van der Waals surface area contributed by atoms with E-state index < -0.39 is 0 Å². The molecule has 162 valence electrons. The maximum absolute atomic E-state index is 12.8. The number of benzene rings is 2. The topological polar surface area (TPSA) is 35.5 Å². The first-order valence-corrected chi connectivity index (χ1v) is 11.4. The van der Waals surface area contributed by atoms with E-state index in [1.54, 1.807) is 0 Å². The minimum absolute atomic E-state index is 0.0193. The molecule has 0 amide bonds. The summed E-state index contributed by atoms with van der Waals surface area (Å²) in [6.07, 6.45) is 3.26. The molecular weight excluding hydrogens is 372 g/mol. The van der Waals surface area contributed by atoms with E-state index in [2.05, 4.69) is 39.8 Å². The summed E-state index contributed by atoms with van der Waals surface area (Å²) in [4.78, 5) is 12.8. The van der Waals surface area contributed by atoms with Crippen LogP contribution in [-0.4, -0.2) is 18.7 Å². The molecule has 0 radical (unpaired) electrons. The molecule has 3 nitrogen and oxygen atoms in total. The Kier molecular flexibility index (Phi) is 8.09. The van der Waals surface area contributed by atoms with Gasteiger partial charge in [-0.2, -0.15) is 0 Å². The van der Waals surface area contributed by atoms with Crippen molar-refractivity contribution in [1.29, 1.82) is 0 Å². The van der Waals surface area contributed by atoms with Gasteiger partial charge in [0.15, 0.2) is 0 Å². The molecule has 30 heavy (non-hydrogen) atoms. The lowest BCUT2D eigenvalue weighted by atomic mass is 9.75. The van der Waals surface area contributed by atoms with Gasteiger partial charge >= 0.3 is 5.97 Å². The lowest BCUT2D eigenvalue weighted by Crippen LogP contribution is -2.36. The zero-order valence-corrected chi connectivity index (χ0v) is 18.8. The number of esters is 1. The van der Waals surface area contributed by atoms with Gasteiger partial charge in [0.1, 0.15) is 12.7 Å². The molecule has 2 aromatic rings. The van der Waals surface area contributed by atoms with Gasteiger partial charge in [-0.1, -0.05) is 94.8 Å². The summed E-state index contributed by atoms with van der Waals surface area (Å²) in [5.74, 6) is 1.50. The molecule has 0 aliphatic heterocycles. The van der Waals surface area contributed by atoms with Crippen LogP contribution in [0.2, 0.25) is 0 Å². The minimum Gasteiger partial charge on any atom is -0.455 e. The molecule has 0 heterocycles. The Morgan fingerprint density at radius 2 is 1.53 bits per heavy atom. The lowest BCUT2D eigenvalue weighted by molar-refractivity contribution is -0.161. The van der Waals surface area contributed by atoms with Gasteiger partial charge in [0.05, 0.1) is 6.10 Å². The number of hydrogen-bond acceptors (Lipinski definition) is 3. The van der Waals surface area contributed by atoms with E-state index in [1.807, 2.05) is 48.5 Å². The molecule has 1 aliphatic rings. The summed E-state index contributed by atoms with van der Waals surface area (Å²) >= 11 is 0. The highest BCUT2D eigenvalue weighted by Gasteiger charge is 2.32. The van der Waals surface area contributed by atoms with Crippen LogP contribution >= 0.6 is 0 Å². The van der Waals surface area contributed by atoms with Crippen molar-refractivity contribution in [2.75, 3.05) is 6.61 Å². The van der Waals surface area contributed by atoms with Crippen molar-refractivity contribution in [2.24, 2.45) is 17.8 Å². The van der Waals surface area contributed by atoms with Crippen LogP contribution in [0.5, 0.6) is 0 Å². The normalized spacial score (nSPS) is 23.7. The van der Waals surface area contributed by atoms with Crippen molar-refractivity contribution in [3.8, 4) is 0 Å². The smallest absolute Gasteiger partial charge is 0.332 e. The summed E-state index contributed by atoms with van der Waals surface area (Å²) in [5, 5.41) is 0. The summed E-state index contributed by atoms with van der Waals surface area (Å²) in [6, 6.07) is 20.2. The van der Waals surface area contributed by atoms with Gasteiger partial charge in [0, 0.05) is 5.92 Å². The van der Waals surface area contributed by atoms with Crippen LogP contribution in [0, 0.1) is 17.8 Å². The quantitative estimate of drug-likeness (QED) is 0.465. The maximum Gasteiger partial charge on any atom is 0.332 e. The summed E-state index contributed by atoms with van der Waals surface area (Å²) < 4.78 is 12.1. The van der Waals surface area contributed by atoms with Gasteiger partial charge in [-0.15, -0.1) is 0 Å². The largest absolute Gasteiger partial charge is 0.455 e. The predicted molar refractivity (Wildman–Crippen MR) is 121 cm³/mol. The second-order valence-corrected chi connectivity index (χ2v) is 9.20. The molecule has 3 heteroatoms. The number of hydrogen-bond donors (Lipinski definition) is 0. The van der Waals surface area contributed by atoms with Crippen molar-refractivity contribution in [3.05, 3.63) is 71.8 Å². The Balaban J connectivity index is 1.67. The molecule has 0 aromatic heterocycles. The van der Waals surface area contributed by atoms with Crippen LogP contribution in [-0.2, 0) is 14.3 Å². The molecule has 2 aromatic carbocycles. The number of carbonyl (C=O) groups excluding carboxylic acids is 1. The van der Waals surface area contributed by atoms with E-state index >= 15 is 0 Å². The fraction of sp³-hybridized carbons (Fsp3) is 0.519. The third-order valence-electron chi connectivity index (χ3n) is 6.54. The first kappa shape index (κ1) is 22.6. The summed E-state index contributed by atoms with van der Waals surface area (Å²) in [5.41, 5.74) is 2.16. The molecule has 0 saturated heterocycles. The van der Waals surface area contributed by atoms with Gasteiger partial charge in [-0.05, 0) is 41.7 Å². The van der Waals surface area contributed by atoms with Crippen LogP contribution < -0.4 is 0 Å². The first-order valence-electron chi connectivity index (χ1n) is 11.4. The first-order chi connectivity index (χ1) is 14.5. The third kappa shape index (κ3) is 5.95. The van der Waals surface area contributed by atoms with Crippen molar-refractivity contribution in [1.82, 2.24) is 0 Å². The Morgan fingerprint density at radius 1 is 0.933 bits per heavy atom. The number of ether oxygens (including phenoxy) is 2. The van der Waals surface area contributed by atoms with E-state index in [9.17, 15) is 4.79 Å². The van der Waals surface area contributed by atoms with Crippen molar-refractivity contribution >= 4 is 5.97 Å². The van der Waals surface area contributed by atoms with Gasteiger partial charge < -0.3 is 9.47 Å². The van der Waals surface area contributed by atoms with Gasteiger partial charge in [-0.25, -0.2) is 4.79 Å². The minimum atomic E-state index is -0.337. The van der Waals surface area contributed by atoms with Crippen LogP contribution in [0.4, 0.5) is 0 Å².